The van der Waals surface area contributed by atoms with E-state index in [-0.39, 0.29) is 19.7 Å². The Morgan fingerprint density at radius 2 is 2.05 bits per heavy atom. The maximum atomic E-state index is 13.6. The highest BCUT2D eigenvalue weighted by atomic mass is 32.2. The molecule has 20 heavy (non-hydrogen) atoms. The first-order valence-corrected chi connectivity index (χ1v) is 7.54. The Kier molecular flexibility index (Phi) is 7.03. The van der Waals surface area contributed by atoms with Crippen LogP contribution in [-0.2, 0) is 26.0 Å². The zero-order valence-corrected chi connectivity index (χ0v) is 12.1. The molecule has 0 bridgehead atoms. The summed E-state index contributed by atoms with van der Waals surface area (Å²) in [7, 11) is -2.37. The average molecular weight is 306 g/mol. The summed E-state index contributed by atoms with van der Waals surface area (Å²) in [6.45, 7) is 1.18. The quantitative estimate of drug-likeness (QED) is 0.637. The summed E-state index contributed by atoms with van der Waals surface area (Å²) in [5.41, 5.74) is 5.96. The fourth-order valence-electron chi connectivity index (χ4n) is 1.45. The van der Waals surface area contributed by atoms with Crippen molar-refractivity contribution in [2.45, 2.75) is 11.4 Å². The minimum Gasteiger partial charge on any atom is -0.382 e. The molecular weight excluding hydrogens is 287 g/mol. The van der Waals surface area contributed by atoms with Crippen LogP contribution in [0.15, 0.2) is 23.1 Å². The van der Waals surface area contributed by atoms with Gasteiger partial charge in [-0.25, -0.2) is 17.5 Å². The summed E-state index contributed by atoms with van der Waals surface area (Å²) in [6.07, 6.45) is 0. The van der Waals surface area contributed by atoms with E-state index in [1.807, 2.05) is 0 Å². The van der Waals surface area contributed by atoms with Crippen LogP contribution in [0.3, 0.4) is 0 Å². The second-order valence-electron chi connectivity index (χ2n) is 3.97. The highest BCUT2D eigenvalue weighted by molar-refractivity contribution is 7.89. The Bertz CT molecular complexity index is 522. The summed E-state index contributed by atoms with van der Waals surface area (Å²) in [5.74, 6) is -0.810. The van der Waals surface area contributed by atoms with E-state index in [9.17, 15) is 12.8 Å². The first-order valence-electron chi connectivity index (χ1n) is 6.06. The topological polar surface area (TPSA) is 90.6 Å². The zero-order valence-electron chi connectivity index (χ0n) is 11.3. The van der Waals surface area contributed by atoms with Crippen LogP contribution >= 0.6 is 0 Å². The van der Waals surface area contributed by atoms with Crippen LogP contribution in [0.25, 0.3) is 0 Å². The standard InChI is InChI=1S/C12H19FN2O4S/c1-18-6-7-19-5-4-15-20(16,17)12-8-10(9-14)2-3-11(12)13/h2-3,8,15H,4-7,9,14H2,1H3. The third-order valence-electron chi connectivity index (χ3n) is 2.49. The van der Waals surface area contributed by atoms with Gasteiger partial charge in [0.1, 0.15) is 10.7 Å². The van der Waals surface area contributed by atoms with E-state index in [0.29, 0.717) is 18.8 Å². The zero-order chi connectivity index (χ0) is 15.0. The average Bonchev–Trinajstić information content (AvgIpc) is 2.43. The molecule has 1 aromatic carbocycles. The van der Waals surface area contributed by atoms with Gasteiger partial charge < -0.3 is 15.2 Å². The van der Waals surface area contributed by atoms with Crippen molar-refractivity contribution in [1.29, 1.82) is 0 Å². The Labute approximate surface area is 118 Å². The summed E-state index contributed by atoms with van der Waals surface area (Å²) in [4.78, 5) is -0.405. The van der Waals surface area contributed by atoms with Gasteiger partial charge in [0.2, 0.25) is 10.0 Å². The van der Waals surface area contributed by atoms with E-state index in [4.69, 9.17) is 15.2 Å². The second-order valence-corrected chi connectivity index (χ2v) is 5.71. The fraction of sp³-hybridized carbons (Fsp3) is 0.500. The van der Waals surface area contributed by atoms with Gasteiger partial charge in [-0.05, 0) is 17.7 Å². The Hall–Kier alpha value is -1.06. The number of nitrogens with one attached hydrogen (secondary N) is 1. The Morgan fingerprint density at radius 1 is 1.30 bits per heavy atom. The molecule has 0 atom stereocenters. The lowest BCUT2D eigenvalue weighted by Crippen LogP contribution is -2.28. The largest absolute Gasteiger partial charge is 0.382 e. The SMILES string of the molecule is COCCOCCNS(=O)(=O)c1cc(CN)ccc1F. The van der Waals surface area contributed by atoms with Gasteiger partial charge in [-0.3, -0.25) is 0 Å². The van der Waals surface area contributed by atoms with Crippen molar-refractivity contribution in [3.05, 3.63) is 29.6 Å². The molecule has 0 saturated carbocycles. The summed E-state index contributed by atoms with van der Waals surface area (Å²) in [6, 6.07) is 3.76. The number of methoxy groups -OCH3 is 1. The van der Waals surface area contributed by atoms with Gasteiger partial charge in [0.25, 0.3) is 0 Å². The first kappa shape index (κ1) is 17.0. The van der Waals surface area contributed by atoms with Crippen LogP contribution in [0.1, 0.15) is 5.56 Å². The van der Waals surface area contributed by atoms with Crippen molar-refractivity contribution in [3.8, 4) is 0 Å². The lowest BCUT2D eigenvalue weighted by atomic mass is 10.2. The third-order valence-corrected chi connectivity index (χ3v) is 3.97. The van der Waals surface area contributed by atoms with Crippen LogP contribution in [0, 0.1) is 5.82 Å². The van der Waals surface area contributed by atoms with Crippen molar-refractivity contribution in [1.82, 2.24) is 4.72 Å². The smallest absolute Gasteiger partial charge is 0.243 e. The van der Waals surface area contributed by atoms with Crippen LogP contribution in [0.2, 0.25) is 0 Å². The molecule has 0 spiro atoms. The fourth-order valence-corrected chi connectivity index (χ4v) is 2.59. The second kappa shape index (κ2) is 8.28. The van der Waals surface area contributed by atoms with Crippen molar-refractivity contribution < 1.29 is 22.3 Å². The summed E-state index contributed by atoms with van der Waals surface area (Å²) >= 11 is 0. The Morgan fingerprint density at radius 3 is 2.70 bits per heavy atom. The van der Waals surface area contributed by atoms with Gasteiger partial charge in [0, 0.05) is 20.2 Å². The van der Waals surface area contributed by atoms with E-state index in [2.05, 4.69) is 4.72 Å². The molecule has 0 aliphatic rings. The molecule has 0 saturated heterocycles. The molecule has 0 heterocycles. The van der Waals surface area contributed by atoms with Crippen molar-refractivity contribution in [2.24, 2.45) is 5.73 Å². The molecule has 1 rings (SSSR count). The van der Waals surface area contributed by atoms with Crippen molar-refractivity contribution >= 4 is 10.0 Å². The van der Waals surface area contributed by atoms with E-state index < -0.39 is 20.7 Å². The number of ether oxygens (including phenoxy) is 2. The molecule has 0 radical (unpaired) electrons. The Balaban J connectivity index is 2.60. The highest BCUT2D eigenvalue weighted by Gasteiger charge is 2.18. The number of rotatable bonds is 9. The molecule has 0 aliphatic heterocycles. The van der Waals surface area contributed by atoms with Gasteiger partial charge >= 0.3 is 0 Å². The normalized spacial score (nSPS) is 11.8. The lowest BCUT2D eigenvalue weighted by molar-refractivity contribution is 0.0736. The molecule has 0 aliphatic carbocycles. The van der Waals surface area contributed by atoms with Crippen molar-refractivity contribution in [3.63, 3.8) is 0 Å². The van der Waals surface area contributed by atoms with Crippen LogP contribution in [0.5, 0.6) is 0 Å². The number of sulfonamides is 1. The minimum absolute atomic E-state index is 0.0539. The van der Waals surface area contributed by atoms with Gasteiger partial charge in [0.15, 0.2) is 0 Å². The molecule has 0 unspecified atom stereocenters. The molecular formula is C12H19FN2O4S. The predicted molar refractivity (Wildman–Crippen MR) is 72.2 cm³/mol. The lowest BCUT2D eigenvalue weighted by Gasteiger charge is -2.09. The maximum absolute atomic E-state index is 13.6. The molecule has 6 nitrogen and oxygen atoms in total. The highest BCUT2D eigenvalue weighted by Crippen LogP contribution is 2.15. The molecule has 0 aromatic heterocycles. The van der Waals surface area contributed by atoms with Gasteiger partial charge in [-0.15, -0.1) is 0 Å². The van der Waals surface area contributed by atoms with Crippen molar-refractivity contribution in [2.75, 3.05) is 33.5 Å². The minimum atomic E-state index is -3.91. The van der Waals surface area contributed by atoms with Crippen LogP contribution < -0.4 is 10.5 Å². The first-order chi connectivity index (χ1) is 9.51. The van der Waals surface area contributed by atoms with E-state index in [0.717, 1.165) is 6.07 Å². The third kappa shape index (κ3) is 5.14. The monoisotopic (exact) mass is 306 g/mol. The van der Waals surface area contributed by atoms with Gasteiger partial charge in [-0.1, -0.05) is 6.07 Å². The maximum Gasteiger partial charge on any atom is 0.243 e. The number of hydrogen-bond donors (Lipinski definition) is 2. The van der Waals surface area contributed by atoms with E-state index in [1.165, 1.54) is 12.1 Å². The molecule has 0 fully saturated rings. The number of hydrogen-bond acceptors (Lipinski definition) is 5. The molecule has 8 heteroatoms. The van der Waals surface area contributed by atoms with Crippen LogP contribution in [-0.4, -0.2) is 41.9 Å². The molecule has 3 N–H and O–H groups in total. The molecule has 114 valence electrons. The number of halogens is 1. The predicted octanol–water partition coefficient (Wildman–Crippen LogP) is 0.226. The summed E-state index contributed by atoms with van der Waals surface area (Å²) in [5, 5.41) is 0. The molecule has 1 aromatic rings. The summed E-state index contributed by atoms with van der Waals surface area (Å²) < 4.78 is 49.6. The van der Waals surface area contributed by atoms with Gasteiger partial charge in [-0.2, -0.15) is 0 Å². The van der Waals surface area contributed by atoms with E-state index in [1.54, 1.807) is 7.11 Å². The van der Waals surface area contributed by atoms with Gasteiger partial charge in [0.05, 0.1) is 19.8 Å². The number of nitrogens with two attached hydrogens (primary N) is 1. The number of benzene rings is 1. The van der Waals surface area contributed by atoms with E-state index >= 15 is 0 Å². The molecule has 0 amide bonds. The van der Waals surface area contributed by atoms with Crippen LogP contribution in [0.4, 0.5) is 4.39 Å².